The lowest BCUT2D eigenvalue weighted by molar-refractivity contribution is -0.164. The van der Waals surface area contributed by atoms with Gasteiger partial charge in [0.2, 0.25) is 5.54 Å². The molecule has 0 heterocycles. The minimum Gasteiger partial charge on any atom is -0.464 e. The number of anilines is 1. The SMILES string of the molecule is CCOC(=O)C(N)(CCc1ccc(NCCCC[Si](C)(C)c2ccccc2)cc1)C(=O)OCC. The zero-order valence-electron chi connectivity index (χ0n) is 21.1. The monoisotopic (exact) mass is 484 g/mol. The Morgan fingerprint density at radius 2 is 1.50 bits per heavy atom. The van der Waals surface area contributed by atoms with E-state index in [1.807, 2.05) is 24.3 Å². The number of esters is 2. The average Bonchev–Trinajstić information content (AvgIpc) is 2.84. The second-order valence-corrected chi connectivity index (χ2v) is 14.1. The van der Waals surface area contributed by atoms with Crippen molar-refractivity contribution >= 4 is 30.9 Å². The molecule has 0 unspecified atom stereocenters. The molecule has 0 fully saturated rings. The molecule has 34 heavy (non-hydrogen) atoms. The third kappa shape index (κ3) is 7.99. The first kappa shape index (κ1) is 27.6. The molecule has 0 radical (unpaired) electrons. The van der Waals surface area contributed by atoms with Crippen LogP contribution in [-0.2, 0) is 25.5 Å². The highest BCUT2D eigenvalue weighted by atomic mass is 28.3. The molecule has 186 valence electrons. The molecule has 0 amide bonds. The molecule has 0 saturated carbocycles. The van der Waals surface area contributed by atoms with Gasteiger partial charge >= 0.3 is 11.9 Å². The topological polar surface area (TPSA) is 90.6 Å². The van der Waals surface area contributed by atoms with Gasteiger partial charge < -0.3 is 20.5 Å². The van der Waals surface area contributed by atoms with Crippen molar-refractivity contribution in [2.75, 3.05) is 25.1 Å². The fraction of sp³-hybridized carbons (Fsp3) is 0.481. The number of carbonyl (C=O) groups is 2. The van der Waals surface area contributed by atoms with Crippen molar-refractivity contribution < 1.29 is 19.1 Å². The highest BCUT2D eigenvalue weighted by Crippen LogP contribution is 2.19. The van der Waals surface area contributed by atoms with Gasteiger partial charge in [-0.2, -0.15) is 0 Å². The Morgan fingerprint density at radius 3 is 2.06 bits per heavy atom. The summed E-state index contributed by atoms with van der Waals surface area (Å²) >= 11 is 0. The van der Waals surface area contributed by atoms with Gasteiger partial charge in [-0.25, -0.2) is 9.59 Å². The van der Waals surface area contributed by atoms with Crippen LogP contribution >= 0.6 is 0 Å². The molecule has 0 aliphatic carbocycles. The number of rotatable bonds is 14. The van der Waals surface area contributed by atoms with Crippen molar-refractivity contribution in [2.45, 2.75) is 64.2 Å². The summed E-state index contributed by atoms with van der Waals surface area (Å²) in [6.45, 7) is 9.48. The van der Waals surface area contributed by atoms with E-state index >= 15 is 0 Å². The zero-order valence-corrected chi connectivity index (χ0v) is 22.1. The van der Waals surface area contributed by atoms with Gasteiger partial charge in [-0.3, -0.25) is 0 Å². The lowest BCUT2D eigenvalue weighted by Crippen LogP contribution is -2.57. The van der Waals surface area contributed by atoms with E-state index in [1.54, 1.807) is 13.8 Å². The number of benzene rings is 2. The molecule has 3 N–H and O–H groups in total. The van der Waals surface area contributed by atoms with Crippen molar-refractivity contribution in [1.29, 1.82) is 0 Å². The Bertz CT molecular complexity index is 883. The maximum atomic E-state index is 12.3. The third-order valence-corrected chi connectivity index (χ3v) is 9.65. The number of ether oxygens (including phenoxy) is 2. The summed E-state index contributed by atoms with van der Waals surface area (Å²) in [6, 6.07) is 20.2. The van der Waals surface area contributed by atoms with Gasteiger partial charge in [0.15, 0.2) is 0 Å². The fourth-order valence-corrected chi connectivity index (χ4v) is 6.41. The number of nitrogens with one attached hydrogen (secondary N) is 1. The Kier molecular flexibility index (Phi) is 10.8. The van der Waals surface area contributed by atoms with Gasteiger partial charge in [0.25, 0.3) is 0 Å². The molecule has 0 aliphatic heterocycles. The van der Waals surface area contributed by atoms with Gasteiger partial charge in [0.1, 0.15) is 0 Å². The normalized spacial score (nSPS) is 11.7. The molecule has 2 rings (SSSR count). The van der Waals surface area contributed by atoms with E-state index in [0.29, 0.717) is 6.42 Å². The molecule has 2 aromatic carbocycles. The van der Waals surface area contributed by atoms with E-state index in [1.165, 1.54) is 17.7 Å². The maximum Gasteiger partial charge on any atom is 0.337 e. The predicted octanol–water partition coefficient (Wildman–Crippen LogP) is 4.25. The highest BCUT2D eigenvalue weighted by Gasteiger charge is 2.44. The van der Waals surface area contributed by atoms with Gasteiger partial charge in [-0.15, -0.1) is 0 Å². The van der Waals surface area contributed by atoms with Crippen LogP contribution in [0.25, 0.3) is 0 Å². The molecule has 0 aromatic heterocycles. The Morgan fingerprint density at radius 1 is 0.912 bits per heavy atom. The second kappa shape index (κ2) is 13.3. The molecule has 0 atom stereocenters. The number of unbranched alkanes of at least 4 members (excludes halogenated alkanes) is 1. The van der Waals surface area contributed by atoms with Crippen LogP contribution in [0.4, 0.5) is 5.69 Å². The quantitative estimate of drug-likeness (QED) is 0.180. The van der Waals surface area contributed by atoms with Gasteiger partial charge in [0.05, 0.1) is 21.3 Å². The van der Waals surface area contributed by atoms with E-state index in [9.17, 15) is 9.59 Å². The largest absolute Gasteiger partial charge is 0.464 e. The highest BCUT2D eigenvalue weighted by molar-refractivity contribution is 6.89. The number of nitrogens with two attached hydrogens (primary N) is 1. The molecule has 0 saturated heterocycles. The summed E-state index contributed by atoms with van der Waals surface area (Å²) in [6.07, 6.45) is 2.92. The zero-order chi connectivity index (χ0) is 25.0. The average molecular weight is 485 g/mol. The molecule has 7 heteroatoms. The number of aryl methyl sites for hydroxylation is 1. The Balaban J connectivity index is 1.81. The van der Waals surface area contributed by atoms with Crippen molar-refractivity contribution in [2.24, 2.45) is 5.73 Å². The molecular formula is C27H40N2O4Si. The maximum absolute atomic E-state index is 12.3. The smallest absolute Gasteiger partial charge is 0.337 e. The number of hydrogen-bond donors (Lipinski definition) is 2. The first-order chi connectivity index (χ1) is 16.2. The molecule has 0 aliphatic rings. The van der Waals surface area contributed by atoms with Crippen LogP contribution in [0.5, 0.6) is 0 Å². The first-order valence-corrected chi connectivity index (χ1v) is 15.5. The van der Waals surface area contributed by atoms with Crippen LogP contribution in [0.15, 0.2) is 54.6 Å². The Labute approximate surface area is 205 Å². The van der Waals surface area contributed by atoms with Crippen LogP contribution in [0.1, 0.15) is 38.7 Å². The molecular weight excluding hydrogens is 444 g/mol. The van der Waals surface area contributed by atoms with Crippen molar-refractivity contribution in [1.82, 2.24) is 0 Å². The summed E-state index contributed by atoms with van der Waals surface area (Å²) < 4.78 is 10.0. The summed E-state index contributed by atoms with van der Waals surface area (Å²) in [5.74, 6) is -1.49. The second-order valence-electron chi connectivity index (χ2n) is 9.24. The van der Waals surface area contributed by atoms with E-state index < -0.39 is 25.6 Å². The van der Waals surface area contributed by atoms with Gasteiger partial charge in [0, 0.05) is 12.2 Å². The van der Waals surface area contributed by atoms with Crippen LogP contribution < -0.4 is 16.2 Å². The minimum absolute atomic E-state index is 0.124. The van der Waals surface area contributed by atoms with E-state index in [4.69, 9.17) is 15.2 Å². The van der Waals surface area contributed by atoms with Crippen LogP contribution in [-0.4, -0.2) is 45.3 Å². The standard InChI is InChI=1S/C27H40N2O4Si/c1-5-32-25(30)27(28,26(31)33-6-2)19-18-22-14-16-23(17-15-22)29-20-10-11-21-34(3,4)24-12-8-7-9-13-24/h7-9,12-17,29H,5-6,10-11,18-21,28H2,1-4H3. The molecule has 0 spiro atoms. The summed E-state index contributed by atoms with van der Waals surface area (Å²) in [7, 11) is -1.37. The van der Waals surface area contributed by atoms with E-state index in [-0.39, 0.29) is 19.6 Å². The third-order valence-electron chi connectivity index (χ3n) is 6.15. The van der Waals surface area contributed by atoms with Crippen molar-refractivity contribution in [3.63, 3.8) is 0 Å². The lowest BCUT2D eigenvalue weighted by atomic mass is 9.92. The van der Waals surface area contributed by atoms with Gasteiger partial charge in [-0.05, 0) is 50.8 Å². The molecule has 6 nitrogen and oxygen atoms in total. The van der Waals surface area contributed by atoms with Crippen LogP contribution in [0.3, 0.4) is 0 Å². The number of hydrogen-bond acceptors (Lipinski definition) is 6. The molecule has 2 aromatic rings. The summed E-state index contributed by atoms with van der Waals surface area (Å²) in [5, 5.41) is 5.00. The van der Waals surface area contributed by atoms with Gasteiger partial charge in [-0.1, -0.05) is 73.2 Å². The van der Waals surface area contributed by atoms with Crippen molar-refractivity contribution in [3.05, 3.63) is 60.2 Å². The fourth-order valence-electron chi connectivity index (χ4n) is 3.90. The van der Waals surface area contributed by atoms with E-state index in [2.05, 4.69) is 48.7 Å². The predicted molar refractivity (Wildman–Crippen MR) is 141 cm³/mol. The minimum atomic E-state index is -1.79. The van der Waals surface area contributed by atoms with Crippen molar-refractivity contribution in [3.8, 4) is 0 Å². The van der Waals surface area contributed by atoms with E-state index in [0.717, 1.165) is 24.2 Å². The number of carbonyl (C=O) groups excluding carboxylic acids is 2. The summed E-state index contributed by atoms with van der Waals surface area (Å²) in [5.41, 5.74) is 6.39. The first-order valence-electron chi connectivity index (χ1n) is 12.2. The Hall–Kier alpha value is -2.64. The van der Waals surface area contributed by atoms with Crippen LogP contribution in [0.2, 0.25) is 19.1 Å². The lowest BCUT2D eigenvalue weighted by Gasteiger charge is -2.24. The molecule has 0 bridgehead atoms. The summed E-state index contributed by atoms with van der Waals surface area (Å²) in [4.78, 5) is 24.6. The van der Waals surface area contributed by atoms with Crippen LogP contribution in [0, 0.1) is 0 Å².